The summed E-state index contributed by atoms with van der Waals surface area (Å²) in [5, 5.41) is 17.5. The average Bonchev–Trinajstić information content (AvgIpc) is 2.65. The summed E-state index contributed by atoms with van der Waals surface area (Å²) in [7, 11) is 1.87. The van der Waals surface area contributed by atoms with Gasteiger partial charge < -0.3 is 10.4 Å². The maximum Gasteiger partial charge on any atom is 0.0985 e. The van der Waals surface area contributed by atoms with Crippen LogP contribution < -0.4 is 5.32 Å². The van der Waals surface area contributed by atoms with Crippen molar-refractivity contribution in [2.45, 2.75) is 18.9 Å². The molecule has 1 unspecified atom stereocenters. The highest BCUT2D eigenvalue weighted by Crippen LogP contribution is 2.27. The Labute approximate surface area is 83.9 Å². The van der Waals surface area contributed by atoms with E-state index >= 15 is 0 Å². The zero-order chi connectivity index (χ0) is 9.97. The van der Waals surface area contributed by atoms with Crippen LogP contribution in [0.15, 0.2) is 12.3 Å². The van der Waals surface area contributed by atoms with E-state index in [0.717, 1.165) is 31.6 Å². The molecule has 0 bridgehead atoms. The third-order valence-corrected chi connectivity index (χ3v) is 2.99. The Morgan fingerprint density at radius 2 is 2.29 bits per heavy atom. The number of aryl methyl sites for hydroxylation is 1. The van der Waals surface area contributed by atoms with Gasteiger partial charge in [-0.3, -0.25) is 4.68 Å². The van der Waals surface area contributed by atoms with Crippen molar-refractivity contribution in [3.8, 4) is 0 Å². The zero-order valence-electron chi connectivity index (χ0n) is 8.48. The number of hydrogen-bond acceptors (Lipinski definition) is 3. The summed E-state index contributed by atoms with van der Waals surface area (Å²) in [6, 6.07) is 1.90. The van der Waals surface area contributed by atoms with Crippen LogP contribution in [0.5, 0.6) is 0 Å². The Morgan fingerprint density at radius 1 is 1.57 bits per heavy atom. The molecule has 0 aliphatic carbocycles. The highest BCUT2D eigenvalue weighted by Gasteiger charge is 2.24. The Bertz CT molecular complexity index is 291. The first-order valence-corrected chi connectivity index (χ1v) is 5.15. The Kier molecular flexibility index (Phi) is 2.84. The number of hydrogen-bond donors (Lipinski definition) is 2. The van der Waals surface area contributed by atoms with Crippen LogP contribution >= 0.6 is 0 Å². The number of aromatic nitrogens is 2. The van der Waals surface area contributed by atoms with E-state index in [9.17, 15) is 5.11 Å². The van der Waals surface area contributed by atoms with E-state index in [0.29, 0.717) is 5.92 Å². The summed E-state index contributed by atoms with van der Waals surface area (Å²) < 4.78 is 1.76. The summed E-state index contributed by atoms with van der Waals surface area (Å²) >= 11 is 0. The first-order valence-electron chi connectivity index (χ1n) is 5.15. The van der Waals surface area contributed by atoms with Crippen molar-refractivity contribution in [2.75, 3.05) is 13.1 Å². The van der Waals surface area contributed by atoms with Gasteiger partial charge in [0.1, 0.15) is 0 Å². The van der Waals surface area contributed by atoms with Crippen LogP contribution in [0.4, 0.5) is 0 Å². The summed E-state index contributed by atoms with van der Waals surface area (Å²) in [5.74, 6) is 0.381. The molecule has 1 atom stereocenters. The Balaban J connectivity index is 2.07. The quantitative estimate of drug-likeness (QED) is 0.720. The molecule has 2 heterocycles. The third-order valence-electron chi connectivity index (χ3n) is 2.99. The number of aliphatic hydroxyl groups excluding tert-OH is 1. The molecule has 0 saturated carbocycles. The third kappa shape index (κ3) is 1.81. The smallest absolute Gasteiger partial charge is 0.0985 e. The van der Waals surface area contributed by atoms with E-state index < -0.39 is 0 Å². The molecule has 2 rings (SSSR count). The van der Waals surface area contributed by atoms with Gasteiger partial charge in [0.2, 0.25) is 0 Å². The van der Waals surface area contributed by atoms with E-state index in [1.165, 1.54) is 0 Å². The second-order valence-corrected chi connectivity index (χ2v) is 3.91. The topological polar surface area (TPSA) is 50.1 Å². The van der Waals surface area contributed by atoms with Crippen molar-refractivity contribution in [3.05, 3.63) is 18.0 Å². The van der Waals surface area contributed by atoms with Crippen LogP contribution in [-0.2, 0) is 7.05 Å². The van der Waals surface area contributed by atoms with E-state index in [1.807, 2.05) is 13.1 Å². The monoisotopic (exact) mass is 195 g/mol. The molecule has 1 saturated heterocycles. The lowest BCUT2D eigenvalue weighted by Crippen LogP contribution is -2.31. The fourth-order valence-electron chi connectivity index (χ4n) is 2.08. The predicted molar refractivity (Wildman–Crippen MR) is 53.8 cm³/mol. The largest absolute Gasteiger partial charge is 0.387 e. The van der Waals surface area contributed by atoms with Crippen LogP contribution in [0.2, 0.25) is 0 Å². The van der Waals surface area contributed by atoms with Gasteiger partial charge >= 0.3 is 0 Å². The molecule has 0 radical (unpaired) electrons. The molecular weight excluding hydrogens is 178 g/mol. The molecule has 0 spiro atoms. The van der Waals surface area contributed by atoms with Crippen LogP contribution in [0.3, 0.4) is 0 Å². The van der Waals surface area contributed by atoms with Gasteiger partial charge in [0.15, 0.2) is 0 Å². The molecule has 2 N–H and O–H groups in total. The maximum atomic E-state index is 10.1. The van der Waals surface area contributed by atoms with Crippen molar-refractivity contribution < 1.29 is 5.11 Å². The van der Waals surface area contributed by atoms with Gasteiger partial charge in [-0.15, -0.1) is 0 Å². The predicted octanol–water partition coefficient (Wildman–Crippen LogP) is 0.453. The van der Waals surface area contributed by atoms with Gasteiger partial charge in [-0.05, 0) is 37.9 Å². The lowest BCUT2D eigenvalue weighted by molar-refractivity contribution is 0.0817. The number of aliphatic hydroxyl groups is 1. The lowest BCUT2D eigenvalue weighted by atomic mass is 9.90. The summed E-state index contributed by atoms with van der Waals surface area (Å²) in [6.45, 7) is 2.03. The highest BCUT2D eigenvalue weighted by molar-refractivity contribution is 5.05. The molecule has 1 aliphatic heterocycles. The summed E-state index contributed by atoms with van der Waals surface area (Å²) in [5.41, 5.74) is 0.928. The van der Waals surface area contributed by atoms with Crippen LogP contribution in [0, 0.1) is 5.92 Å². The van der Waals surface area contributed by atoms with Crippen LogP contribution in [-0.4, -0.2) is 28.0 Å². The number of rotatable bonds is 2. The molecule has 0 amide bonds. The molecule has 1 aliphatic rings. The molecule has 14 heavy (non-hydrogen) atoms. The van der Waals surface area contributed by atoms with Crippen LogP contribution in [0.25, 0.3) is 0 Å². The van der Waals surface area contributed by atoms with Crippen LogP contribution in [0.1, 0.15) is 24.6 Å². The van der Waals surface area contributed by atoms with Gasteiger partial charge in [-0.25, -0.2) is 0 Å². The number of piperidine rings is 1. The molecule has 1 aromatic heterocycles. The first kappa shape index (κ1) is 9.68. The number of nitrogens with zero attached hydrogens (tertiary/aromatic N) is 2. The fourth-order valence-corrected chi connectivity index (χ4v) is 2.08. The van der Waals surface area contributed by atoms with Crippen molar-refractivity contribution in [1.82, 2.24) is 15.1 Å². The van der Waals surface area contributed by atoms with Gasteiger partial charge in [0.25, 0.3) is 0 Å². The minimum absolute atomic E-state index is 0.357. The second-order valence-electron chi connectivity index (χ2n) is 3.91. The van der Waals surface area contributed by atoms with Crippen molar-refractivity contribution in [3.63, 3.8) is 0 Å². The minimum atomic E-state index is -0.357. The minimum Gasteiger partial charge on any atom is -0.387 e. The average molecular weight is 195 g/mol. The van der Waals surface area contributed by atoms with Gasteiger partial charge in [-0.2, -0.15) is 5.10 Å². The molecule has 4 nitrogen and oxygen atoms in total. The van der Waals surface area contributed by atoms with Gasteiger partial charge in [0.05, 0.1) is 11.8 Å². The molecular formula is C10H17N3O. The zero-order valence-corrected chi connectivity index (χ0v) is 8.48. The second kappa shape index (κ2) is 4.11. The van der Waals surface area contributed by atoms with Crippen molar-refractivity contribution >= 4 is 0 Å². The molecule has 1 aromatic rings. The Morgan fingerprint density at radius 3 is 2.86 bits per heavy atom. The standard InChI is InChI=1S/C10H17N3O/c1-13-9(4-7-12-13)10(14)8-2-5-11-6-3-8/h4,7-8,10-11,14H,2-3,5-6H2,1H3. The molecule has 4 heteroatoms. The number of nitrogens with one attached hydrogen (secondary N) is 1. The van der Waals surface area contributed by atoms with E-state index in [2.05, 4.69) is 10.4 Å². The Hall–Kier alpha value is -0.870. The maximum absolute atomic E-state index is 10.1. The molecule has 0 aromatic carbocycles. The van der Waals surface area contributed by atoms with E-state index in [4.69, 9.17) is 0 Å². The van der Waals surface area contributed by atoms with Crippen molar-refractivity contribution in [2.24, 2.45) is 13.0 Å². The lowest BCUT2D eigenvalue weighted by Gasteiger charge is -2.27. The normalized spacial score (nSPS) is 21.0. The van der Waals surface area contributed by atoms with E-state index in [-0.39, 0.29) is 6.10 Å². The fraction of sp³-hybridized carbons (Fsp3) is 0.700. The highest BCUT2D eigenvalue weighted by atomic mass is 16.3. The first-order chi connectivity index (χ1) is 6.79. The summed E-state index contributed by atoms with van der Waals surface area (Å²) in [4.78, 5) is 0. The molecule has 78 valence electrons. The summed E-state index contributed by atoms with van der Waals surface area (Å²) in [6.07, 6.45) is 3.47. The van der Waals surface area contributed by atoms with Gasteiger partial charge in [-0.1, -0.05) is 0 Å². The van der Waals surface area contributed by atoms with Gasteiger partial charge in [0, 0.05) is 13.2 Å². The van der Waals surface area contributed by atoms with E-state index in [1.54, 1.807) is 10.9 Å². The SMILES string of the molecule is Cn1nccc1C(O)C1CCNCC1. The van der Waals surface area contributed by atoms with Crippen molar-refractivity contribution in [1.29, 1.82) is 0 Å². The molecule has 1 fully saturated rings.